The Morgan fingerprint density at radius 1 is 1.27 bits per heavy atom. The van der Waals surface area contributed by atoms with Gasteiger partial charge in [-0.25, -0.2) is 9.37 Å². The fourth-order valence-corrected chi connectivity index (χ4v) is 4.37. The SMILES string of the molecule is CC1CC(COS(C)(=O)=O)(c2cc(Cl)nc(-c3ccc(F)c(Cl)c3)c2)C1. The van der Waals surface area contributed by atoms with Gasteiger partial charge in [-0.2, -0.15) is 8.42 Å². The molecule has 1 aromatic heterocycles. The predicted molar refractivity (Wildman–Crippen MR) is 101 cm³/mol. The molecule has 0 unspecified atom stereocenters. The quantitative estimate of drug-likeness (QED) is 0.515. The lowest BCUT2D eigenvalue weighted by molar-refractivity contribution is 0.0907. The number of halogens is 3. The molecule has 1 saturated carbocycles. The fourth-order valence-electron chi connectivity index (χ4n) is 3.54. The molecule has 0 saturated heterocycles. The molecule has 1 heterocycles. The zero-order valence-corrected chi connectivity index (χ0v) is 16.6. The zero-order chi connectivity index (χ0) is 19.1. The molecule has 0 spiro atoms. The van der Waals surface area contributed by atoms with E-state index in [-0.39, 0.29) is 16.8 Å². The maximum absolute atomic E-state index is 13.4. The molecule has 1 aliphatic rings. The molecule has 8 heteroatoms. The molecule has 0 aliphatic heterocycles. The van der Waals surface area contributed by atoms with Crippen molar-refractivity contribution in [2.75, 3.05) is 12.9 Å². The van der Waals surface area contributed by atoms with Crippen LogP contribution >= 0.6 is 23.2 Å². The lowest BCUT2D eigenvalue weighted by Gasteiger charge is -2.46. The first-order valence-corrected chi connectivity index (χ1v) is 10.6. The van der Waals surface area contributed by atoms with Gasteiger partial charge in [-0.05, 0) is 54.7 Å². The van der Waals surface area contributed by atoms with Crippen LogP contribution in [-0.4, -0.2) is 26.3 Å². The third kappa shape index (κ3) is 4.19. The van der Waals surface area contributed by atoms with Crippen molar-refractivity contribution < 1.29 is 17.0 Å². The van der Waals surface area contributed by atoms with Gasteiger partial charge in [0.05, 0.1) is 23.6 Å². The summed E-state index contributed by atoms with van der Waals surface area (Å²) in [6, 6.07) is 7.91. The van der Waals surface area contributed by atoms with E-state index in [0.717, 1.165) is 24.7 Å². The summed E-state index contributed by atoms with van der Waals surface area (Å²) in [6.07, 6.45) is 2.60. The molecule has 2 aromatic rings. The molecule has 1 fully saturated rings. The van der Waals surface area contributed by atoms with Crippen LogP contribution < -0.4 is 0 Å². The van der Waals surface area contributed by atoms with E-state index < -0.39 is 21.4 Å². The van der Waals surface area contributed by atoms with Gasteiger partial charge in [-0.3, -0.25) is 4.18 Å². The van der Waals surface area contributed by atoms with Gasteiger partial charge in [0, 0.05) is 11.0 Å². The second kappa shape index (κ2) is 7.08. The lowest BCUT2D eigenvalue weighted by atomic mass is 9.59. The summed E-state index contributed by atoms with van der Waals surface area (Å²) in [5, 5.41) is 0.273. The molecule has 0 bridgehead atoms. The van der Waals surface area contributed by atoms with E-state index in [0.29, 0.717) is 17.2 Å². The van der Waals surface area contributed by atoms with Gasteiger partial charge in [0.1, 0.15) is 11.0 Å². The Labute approximate surface area is 162 Å². The van der Waals surface area contributed by atoms with Crippen LogP contribution in [0.2, 0.25) is 10.2 Å². The van der Waals surface area contributed by atoms with Crippen LogP contribution in [0.25, 0.3) is 11.3 Å². The normalized spacial score (nSPS) is 22.9. The summed E-state index contributed by atoms with van der Waals surface area (Å²) in [5.74, 6) is -0.0580. The Kier molecular flexibility index (Phi) is 5.32. The highest BCUT2D eigenvalue weighted by Crippen LogP contribution is 2.49. The maximum atomic E-state index is 13.4. The van der Waals surface area contributed by atoms with E-state index in [1.54, 1.807) is 12.1 Å². The number of benzene rings is 1. The molecular formula is C18H18Cl2FNO3S. The van der Waals surface area contributed by atoms with Crippen LogP contribution in [0.15, 0.2) is 30.3 Å². The van der Waals surface area contributed by atoms with Gasteiger partial charge >= 0.3 is 0 Å². The Hall–Kier alpha value is -1.21. The third-order valence-corrected chi connectivity index (χ3v) is 5.68. The first-order valence-electron chi connectivity index (χ1n) is 8.06. The standard InChI is InChI=1S/C18H18Cl2FNO3S/c1-11-8-18(9-11,10-25-26(2,23)24)13-6-16(22-17(20)7-13)12-3-4-15(21)14(19)5-12/h3-7,11H,8-10H2,1-2H3. The largest absolute Gasteiger partial charge is 0.269 e. The van der Waals surface area contributed by atoms with Crippen molar-refractivity contribution in [1.82, 2.24) is 4.98 Å². The zero-order valence-electron chi connectivity index (χ0n) is 14.3. The van der Waals surface area contributed by atoms with Gasteiger partial charge in [-0.1, -0.05) is 30.1 Å². The van der Waals surface area contributed by atoms with Crippen molar-refractivity contribution in [3.8, 4) is 11.3 Å². The summed E-state index contributed by atoms with van der Waals surface area (Å²) in [5.41, 5.74) is 1.60. The minimum Gasteiger partial charge on any atom is -0.269 e. The molecule has 0 N–H and O–H groups in total. The number of aromatic nitrogens is 1. The van der Waals surface area contributed by atoms with Crippen LogP contribution in [0.5, 0.6) is 0 Å². The Balaban J connectivity index is 2.01. The summed E-state index contributed by atoms with van der Waals surface area (Å²) < 4.78 is 41.4. The second-order valence-corrected chi connectivity index (χ2v) is 9.39. The van der Waals surface area contributed by atoms with Crippen LogP contribution in [0, 0.1) is 11.7 Å². The molecule has 140 valence electrons. The number of rotatable bonds is 5. The Morgan fingerprint density at radius 3 is 2.54 bits per heavy atom. The number of hydrogen-bond donors (Lipinski definition) is 0. The first kappa shape index (κ1) is 19.5. The van der Waals surface area contributed by atoms with Crippen molar-refractivity contribution in [3.05, 3.63) is 51.9 Å². The monoisotopic (exact) mass is 417 g/mol. The van der Waals surface area contributed by atoms with Gasteiger partial charge in [0.15, 0.2) is 0 Å². The molecule has 26 heavy (non-hydrogen) atoms. The van der Waals surface area contributed by atoms with E-state index >= 15 is 0 Å². The molecular weight excluding hydrogens is 400 g/mol. The van der Waals surface area contributed by atoms with Crippen molar-refractivity contribution in [3.63, 3.8) is 0 Å². The first-order chi connectivity index (χ1) is 12.1. The fraction of sp³-hybridized carbons (Fsp3) is 0.389. The highest BCUT2D eigenvalue weighted by molar-refractivity contribution is 7.85. The van der Waals surface area contributed by atoms with Crippen molar-refractivity contribution in [2.45, 2.75) is 25.2 Å². The van der Waals surface area contributed by atoms with Crippen molar-refractivity contribution in [1.29, 1.82) is 0 Å². The molecule has 3 rings (SSSR count). The van der Waals surface area contributed by atoms with Gasteiger partial charge in [0.25, 0.3) is 10.1 Å². The highest BCUT2D eigenvalue weighted by Gasteiger charge is 2.45. The topological polar surface area (TPSA) is 56.3 Å². The van der Waals surface area contributed by atoms with Crippen LogP contribution in [0.3, 0.4) is 0 Å². The average molecular weight is 418 g/mol. The molecule has 1 aromatic carbocycles. The third-order valence-electron chi connectivity index (χ3n) is 4.65. The Bertz CT molecular complexity index is 943. The summed E-state index contributed by atoms with van der Waals surface area (Å²) >= 11 is 12.1. The molecule has 0 amide bonds. The number of nitrogens with zero attached hydrogens (tertiary/aromatic N) is 1. The molecule has 0 radical (unpaired) electrons. The van der Waals surface area contributed by atoms with E-state index in [4.69, 9.17) is 27.4 Å². The van der Waals surface area contributed by atoms with E-state index in [1.165, 1.54) is 12.1 Å². The van der Waals surface area contributed by atoms with E-state index in [1.807, 2.05) is 6.07 Å². The van der Waals surface area contributed by atoms with Crippen LogP contribution in [0.1, 0.15) is 25.3 Å². The predicted octanol–water partition coefficient (Wildman–Crippen LogP) is 4.84. The Morgan fingerprint density at radius 2 is 1.96 bits per heavy atom. The summed E-state index contributed by atoms with van der Waals surface area (Å²) in [6.45, 7) is 2.16. The molecule has 4 nitrogen and oxygen atoms in total. The summed E-state index contributed by atoms with van der Waals surface area (Å²) in [4.78, 5) is 4.30. The smallest absolute Gasteiger partial charge is 0.264 e. The minimum atomic E-state index is -3.55. The highest BCUT2D eigenvalue weighted by atomic mass is 35.5. The van der Waals surface area contributed by atoms with E-state index in [2.05, 4.69) is 11.9 Å². The van der Waals surface area contributed by atoms with Crippen LogP contribution in [-0.2, 0) is 19.7 Å². The molecule has 1 aliphatic carbocycles. The second-order valence-electron chi connectivity index (χ2n) is 6.95. The van der Waals surface area contributed by atoms with E-state index in [9.17, 15) is 12.8 Å². The van der Waals surface area contributed by atoms with Gasteiger partial charge in [0.2, 0.25) is 0 Å². The van der Waals surface area contributed by atoms with Crippen molar-refractivity contribution >= 4 is 33.3 Å². The van der Waals surface area contributed by atoms with Gasteiger partial charge < -0.3 is 0 Å². The lowest BCUT2D eigenvalue weighted by Crippen LogP contribution is -2.44. The number of pyridine rings is 1. The van der Waals surface area contributed by atoms with Gasteiger partial charge in [-0.15, -0.1) is 0 Å². The van der Waals surface area contributed by atoms with Crippen molar-refractivity contribution in [2.24, 2.45) is 5.92 Å². The summed E-state index contributed by atoms with van der Waals surface area (Å²) in [7, 11) is -3.55. The maximum Gasteiger partial charge on any atom is 0.264 e. The molecule has 0 atom stereocenters. The average Bonchev–Trinajstić information content (AvgIpc) is 2.51. The minimum absolute atomic E-state index is 0.00165. The van der Waals surface area contributed by atoms with Crippen LogP contribution in [0.4, 0.5) is 4.39 Å². The number of hydrogen-bond acceptors (Lipinski definition) is 4.